The number of hydrogen-bond donors (Lipinski definition) is 4. The van der Waals surface area contributed by atoms with Crippen LogP contribution in [0.4, 0.5) is 5.82 Å². The summed E-state index contributed by atoms with van der Waals surface area (Å²) in [7, 11) is 0. The molecule has 1 atom stereocenters. The van der Waals surface area contributed by atoms with Gasteiger partial charge in [0.05, 0.1) is 35.4 Å². The summed E-state index contributed by atoms with van der Waals surface area (Å²) in [4.78, 5) is 10.9. The van der Waals surface area contributed by atoms with Crippen LogP contribution in [0, 0.1) is 0 Å². The van der Waals surface area contributed by atoms with Gasteiger partial charge in [-0.3, -0.25) is 9.89 Å². The Kier molecular flexibility index (Phi) is 9.53. The van der Waals surface area contributed by atoms with Crippen molar-refractivity contribution < 1.29 is 9.84 Å². The number of pyridine rings is 1. The number of β-amino-alcohol motifs (C(OH)–C–C–N with tert-alkyl or cyclic N) is 1. The lowest BCUT2D eigenvalue weighted by atomic mass is 10.1. The second-order valence-electron chi connectivity index (χ2n) is 6.92. The van der Waals surface area contributed by atoms with Gasteiger partial charge in [0.1, 0.15) is 5.82 Å². The summed E-state index contributed by atoms with van der Waals surface area (Å²) in [5, 5.41) is 21.2. The number of aliphatic hydroxyl groups is 1. The van der Waals surface area contributed by atoms with Crippen molar-refractivity contribution in [3.63, 3.8) is 0 Å². The zero-order valence-corrected chi connectivity index (χ0v) is 18.0. The molecule has 1 aromatic heterocycles. The second kappa shape index (κ2) is 11.6. The molecule has 0 radical (unpaired) electrons. The Bertz CT molecular complexity index is 639. The number of nitrogens with zero attached hydrogens (tertiary/aromatic N) is 3. The van der Waals surface area contributed by atoms with Gasteiger partial charge in [0.15, 0.2) is 5.96 Å². The second-order valence-corrected chi connectivity index (χ2v) is 7.76. The minimum absolute atomic E-state index is 0.303. The van der Waals surface area contributed by atoms with Gasteiger partial charge < -0.3 is 25.8 Å². The van der Waals surface area contributed by atoms with Gasteiger partial charge in [0.2, 0.25) is 0 Å². The number of rotatable bonds is 9. The van der Waals surface area contributed by atoms with Crippen molar-refractivity contribution >= 4 is 35.0 Å². The van der Waals surface area contributed by atoms with Crippen molar-refractivity contribution in [2.24, 2.45) is 4.99 Å². The number of aliphatic imine (C=N–C) groups is 1. The number of anilines is 1. The number of halogens is 2. The molecular formula is C18H30Cl2N6O2. The smallest absolute Gasteiger partial charge is 0.191 e. The highest BCUT2D eigenvalue weighted by atomic mass is 35.5. The van der Waals surface area contributed by atoms with Gasteiger partial charge in [-0.1, -0.05) is 23.2 Å². The summed E-state index contributed by atoms with van der Waals surface area (Å²) in [5.74, 6) is 1.24. The molecule has 10 heteroatoms. The Hall–Kier alpha value is -1.32. The van der Waals surface area contributed by atoms with E-state index in [2.05, 4.69) is 30.8 Å². The molecule has 1 aromatic rings. The van der Waals surface area contributed by atoms with Crippen LogP contribution in [0.2, 0.25) is 10.0 Å². The molecule has 2 rings (SSSR count). The van der Waals surface area contributed by atoms with Crippen LogP contribution in [0.3, 0.4) is 0 Å². The normalized spacial score (nSPS) is 17.8. The molecule has 1 aliphatic rings. The Balaban J connectivity index is 1.78. The maximum absolute atomic E-state index is 10.7. The summed E-state index contributed by atoms with van der Waals surface area (Å²) in [6, 6.07) is 1.65. The third kappa shape index (κ3) is 8.36. The lowest BCUT2D eigenvalue weighted by Crippen LogP contribution is -2.48. The van der Waals surface area contributed by atoms with Crippen LogP contribution in [-0.2, 0) is 4.74 Å². The molecule has 0 aliphatic carbocycles. The topological polar surface area (TPSA) is 94.0 Å². The molecule has 0 aromatic carbocycles. The molecule has 1 unspecified atom stereocenters. The van der Waals surface area contributed by atoms with E-state index in [0.29, 0.717) is 61.2 Å². The van der Waals surface area contributed by atoms with Crippen molar-refractivity contribution in [1.82, 2.24) is 20.5 Å². The fraction of sp³-hybridized carbons (Fsp3) is 0.667. The van der Waals surface area contributed by atoms with E-state index in [1.165, 1.54) is 0 Å². The molecule has 1 aliphatic heterocycles. The minimum atomic E-state index is -0.904. The van der Waals surface area contributed by atoms with Gasteiger partial charge in [-0.15, -0.1) is 0 Å². The maximum Gasteiger partial charge on any atom is 0.191 e. The van der Waals surface area contributed by atoms with E-state index < -0.39 is 5.60 Å². The predicted octanol–water partition coefficient (Wildman–Crippen LogP) is 1.44. The van der Waals surface area contributed by atoms with Crippen LogP contribution in [-0.4, -0.2) is 85.6 Å². The van der Waals surface area contributed by atoms with Crippen molar-refractivity contribution in [3.05, 3.63) is 22.3 Å². The van der Waals surface area contributed by atoms with Gasteiger partial charge in [-0.05, 0) is 19.9 Å². The van der Waals surface area contributed by atoms with E-state index in [0.717, 1.165) is 19.6 Å². The Labute approximate surface area is 176 Å². The highest BCUT2D eigenvalue weighted by molar-refractivity contribution is 6.35. The van der Waals surface area contributed by atoms with Crippen molar-refractivity contribution in [2.75, 3.05) is 64.3 Å². The fourth-order valence-corrected chi connectivity index (χ4v) is 3.24. The standard InChI is InChI=1S/C18H30Cl2N6O2/c1-3-21-17(23-5-4-22-16-15(20)10-14(19)11-24-16)25-12-18(2,27)13-26-6-8-28-9-7-26/h10-11,27H,3-9,12-13H2,1-2H3,(H,22,24)(H2,21,23,25). The minimum Gasteiger partial charge on any atom is -0.387 e. The summed E-state index contributed by atoms with van der Waals surface area (Å²) >= 11 is 11.9. The Morgan fingerprint density at radius 1 is 1.32 bits per heavy atom. The first-order valence-electron chi connectivity index (χ1n) is 9.49. The van der Waals surface area contributed by atoms with Crippen LogP contribution >= 0.6 is 23.2 Å². The summed E-state index contributed by atoms with van der Waals surface area (Å²) in [5.41, 5.74) is -0.904. The van der Waals surface area contributed by atoms with Gasteiger partial charge in [-0.25, -0.2) is 4.98 Å². The molecule has 1 fully saturated rings. The monoisotopic (exact) mass is 432 g/mol. The largest absolute Gasteiger partial charge is 0.387 e. The van der Waals surface area contributed by atoms with Crippen molar-refractivity contribution in [1.29, 1.82) is 0 Å². The van der Waals surface area contributed by atoms with E-state index in [-0.39, 0.29) is 0 Å². The first-order chi connectivity index (χ1) is 13.4. The third-order valence-electron chi connectivity index (χ3n) is 4.11. The molecule has 0 saturated carbocycles. The average molecular weight is 433 g/mol. The van der Waals surface area contributed by atoms with E-state index in [1.807, 2.05) is 13.8 Å². The highest BCUT2D eigenvalue weighted by Crippen LogP contribution is 2.22. The average Bonchev–Trinajstić information content (AvgIpc) is 2.65. The summed E-state index contributed by atoms with van der Waals surface area (Å²) < 4.78 is 5.35. The van der Waals surface area contributed by atoms with Crippen LogP contribution in [0.1, 0.15) is 13.8 Å². The molecule has 28 heavy (non-hydrogen) atoms. The van der Waals surface area contributed by atoms with Gasteiger partial charge >= 0.3 is 0 Å². The molecule has 0 amide bonds. The van der Waals surface area contributed by atoms with E-state index >= 15 is 0 Å². The molecule has 4 N–H and O–H groups in total. The number of aromatic nitrogens is 1. The quantitative estimate of drug-likeness (QED) is 0.266. The SMILES string of the molecule is CCNC(=NCC(C)(O)CN1CCOCC1)NCCNc1ncc(Cl)cc1Cl. The van der Waals surface area contributed by atoms with E-state index in [1.54, 1.807) is 12.3 Å². The molecule has 0 bridgehead atoms. The number of hydrogen-bond acceptors (Lipinski definition) is 6. The lowest BCUT2D eigenvalue weighted by Gasteiger charge is -2.33. The zero-order valence-electron chi connectivity index (χ0n) is 16.5. The molecule has 8 nitrogen and oxygen atoms in total. The van der Waals surface area contributed by atoms with Gasteiger partial charge in [-0.2, -0.15) is 0 Å². The Morgan fingerprint density at radius 2 is 2.07 bits per heavy atom. The van der Waals surface area contributed by atoms with Crippen LogP contribution in [0.25, 0.3) is 0 Å². The first kappa shape index (κ1) is 23.0. The maximum atomic E-state index is 10.7. The Morgan fingerprint density at radius 3 is 2.75 bits per heavy atom. The number of guanidine groups is 1. The van der Waals surface area contributed by atoms with Crippen LogP contribution in [0.15, 0.2) is 17.3 Å². The van der Waals surface area contributed by atoms with Crippen molar-refractivity contribution in [2.45, 2.75) is 19.4 Å². The molecule has 0 spiro atoms. The highest BCUT2D eigenvalue weighted by Gasteiger charge is 2.25. The zero-order chi connectivity index (χ0) is 20.4. The summed E-state index contributed by atoms with van der Waals surface area (Å²) in [6.07, 6.45) is 1.55. The van der Waals surface area contributed by atoms with E-state index in [9.17, 15) is 5.11 Å². The first-order valence-corrected chi connectivity index (χ1v) is 10.2. The molecule has 158 valence electrons. The molecule has 2 heterocycles. The fourth-order valence-electron chi connectivity index (χ4n) is 2.79. The number of ether oxygens (including phenoxy) is 1. The predicted molar refractivity (Wildman–Crippen MR) is 115 cm³/mol. The molecule has 1 saturated heterocycles. The summed E-state index contributed by atoms with van der Waals surface area (Å²) in [6.45, 7) is 9.72. The third-order valence-corrected chi connectivity index (χ3v) is 4.60. The van der Waals surface area contributed by atoms with Crippen LogP contribution in [0.5, 0.6) is 0 Å². The number of nitrogens with one attached hydrogen (secondary N) is 3. The lowest BCUT2D eigenvalue weighted by molar-refractivity contribution is -0.0179. The van der Waals surface area contributed by atoms with Gasteiger partial charge in [0, 0.05) is 45.5 Å². The number of morpholine rings is 1. The van der Waals surface area contributed by atoms with Gasteiger partial charge in [0.25, 0.3) is 0 Å². The van der Waals surface area contributed by atoms with Crippen molar-refractivity contribution in [3.8, 4) is 0 Å². The molecular weight excluding hydrogens is 403 g/mol. The van der Waals surface area contributed by atoms with E-state index in [4.69, 9.17) is 27.9 Å². The van der Waals surface area contributed by atoms with Crippen LogP contribution < -0.4 is 16.0 Å².